The van der Waals surface area contributed by atoms with Crippen molar-refractivity contribution in [2.24, 2.45) is 5.92 Å². The van der Waals surface area contributed by atoms with Crippen LogP contribution < -0.4 is 10.6 Å². The maximum Gasteiger partial charge on any atom is 0.257 e. The molecule has 106 valence electrons. The molecule has 3 rings (SSSR count). The molecule has 6 nitrogen and oxygen atoms in total. The second kappa shape index (κ2) is 5.20. The fraction of sp³-hybridized carbons (Fsp3) is 0.500. The van der Waals surface area contributed by atoms with Crippen molar-refractivity contribution in [2.75, 3.05) is 13.1 Å². The molecule has 2 aromatic heterocycles. The molecule has 0 bridgehead atoms. The Morgan fingerprint density at radius 3 is 3.20 bits per heavy atom. The summed E-state index contributed by atoms with van der Waals surface area (Å²) in [7, 11) is 0. The van der Waals surface area contributed by atoms with E-state index in [0.717, 1.165) is 30.6 Å². The number of nitrogens with zero attached hydrogens (tertiary/aromatic N) is 2. The Hall–Kier alpha value is -1.95. The Bertz CT molecular complexity index is 637. The Morgan fingerprint density at radius 1 is 1.55 bits per heavy atom. The van der Waals surface area contributed by atoms with Crippen LogP contribution in [0.25, 0.3) is 11.1 Å². The predicted octanol–water partition coefficient (Wildman–Crippen LogP) is 1.26. The van der Waals surface area contributed by atoms with Crippen molar-refractivity contribution in [3.63, 3.8) is 0 Å². The molecule has 1 aliphatic heterocycles. The highest BCUT2D eigenvalue weighted by molar-refractivity contribution is 5.97. The smallest absolute Gasteiger partial charge is 0.257 e. The Kier molecular flexibility index (Phi) is 3.40. The van der Waals surface area contributed by atoms with E-state index in [1.165, 1.54) is 6.20 Å². The summed E-state index contributed by atoms with van der Waals surface area (Å²) in [4.78, 5) is 16.4. The molecule has 1 fully saturated rings. The predicted molar refractivity (Wildman–Crippen MR) is 74.4 cm³/mol. The molecular formula is C14H18N4O2. The lowest BCUT2D eigenvalue weighted by molar-refractivity contribution is 0.0914. The summed E-state index contributed by atoms with van der Waals surface area (Å²) in [5, 5.41) is 11.0. The molecule has 0 saturated carbocycles. The SMILES string of the molecule is Cc1noc2ncc(C(=O)NC3CCNCC3C)cc12. The van der Waals surface area contributed by atoms with Gasteiger partial charge >= 0.3 is 0 Å². The number of carbonyl (C=O) groups excluding carboxylic acids is 1. The van der Waals surface area contributed by atoms with E-state index in [9.17, 15) is 4.79 Å². The van der Waals surface area contributed by atoms with Gasteiger partial charge in [0.2, 0.25) is 0 Å². The maximum absolute atomic E-state index is 12.3. The first-order chi connectivity index (χ1) is 9.65. The Morgan fingerprint density at radius 2 is 2.40 bits per heavy atom. The maximum atomic E-state index is 12.3. The van der Waals surface area contributed by atoms with Crippen LogP contribution in [0.4, 0.5) is 0 Å². The molecule has 0 aromatic carbocycles. The van der Waals surface area contributed by atoms with E-state index >= 15 is 0 Å². The van der Waals surface area contributed by atoms with E-state index in [4.69, 9.17) is 4.52 Å². The molecule has 2 unspecified atom stereocenters. The number of nitrogens with one attached hydrogen (secondary N) is 2. The lowest BCUT2D eigenvalue weighted by Gasteiger charge is -2.30. The number of hydrogen-bond acceptors (Lipinski definition) is 5. The third-order valence-corrected chi connectivity index (χ3v) is 3.87. The molecule has 2 atom stereocenters. The van der Waals surface area contributed by atoms with Gasteiger partial charge < -0.3 is 15.2 Å². The highest BCUT2D eigenvalue weighted by Gasteiger charge is 2.23. The van der Waals surface area contributed by atoms with Gasteiger partial charge in [0.15, 0.2) is 0 Å². The van der Waals surface area contributed by atoms with Crippen molar-refractivity contribution in [2.45, 2.75) is 26.3 Å². The second-order valence-electron chi connectivity index (χ2n) is 5.39. The summed E-state index contributed by atoms with van der Waals surface area (Å²) >= 11 is 0. The van der Waals surface area contributed by atoms with Gasteiger partial charge in [-0.1, -0.05) is 12.1 Å². The minimum absolute atomic E-state index is 0.0845. The largest absolute Gasteiger partial charge is 0.349 e. The van der Waals surface area contributed by atoms with E-state index in [1.807, 2.05) is 6.92 Å². The van der Waals surface area contributed by atoms with Crippen molar-refractivity contribution in [3.05, 3.63) is 23.5 Å². The van der Waals surface area contributed by atoms with Crippen LogP contribution in [0.1, 0.15) is 29.4 Å². The summed E-state index contributed by atoms with van der Waals surface area (Å²) < 4.78 is 5.05. The van der Waals surface area contributed by atoms with Crippen molar-refractivity contribution in [3.8, 4) is 0 Å². The molecule has 0 radical (unpaired) electrons. The standard InChI is InChI=1S/C14H18N4O2/c1-8-6-15-4-3-12(8)17-13(19)10-5-11-9(2)18-20-14(11)16-7-10/h5,7-8,12,15H,3-4,6H2,1-2H3,(H,17,19). The zero-order chi connectivity index (χ0) is 14.1. The highest BCUT2D eigenvalue weighted by atomic mass is 16.5. The zero-order valence-corrected chi connectivity index (χ0v) is 11.6. The molecule has 20 heavy (non-hydrogen) atoms. The summed E-state index contributed by atoms with van der Waals surface area (Å²) in [6.45, 7) is 5.86. The molecule has 1 aliphatic rings. The van der Waals surface area contributed by atoms with Gasteiger partial charge in [0, 0.05) is 12.2 Å². The summed E-state index contributed by atoms with van der Waals surface area (Å²) in [5.74, 6) is 0.348. The first kappa shape index (κ1) is 13.1. The molecule has 2 aromatic rings. The van der Waals surface area contributed by atoms with E-state index in [-0.39, 0.29) is 11.9 Å². The number of rotatable bonds is 2. The number of hydrogen-bond donors (Lipinski definition) is 2. The molecule has 1 saturated heterocycles. The van der Waals surface area contributed by atoms with Gasteiger partial charge in [-0.2, -0.15) is 0 Å². The third kappa shape index (κ3) is 2.38. The van der Waals surface area contributed by atoms with Gasteiger partial charge in [0.1, 0.15) is 0 Å². The van der Waals surface area contributed by atoms with Crippen molar-refractivity contribution >= 4 is 17.0 Å². The van der Waals surface area contributed by atoms with Gasteiger partial charge in [0.25, 0.3) is 11.6 Å². The van der Waals surface area contributed by atoms with Gasteiger partial charge in [-0.25, -0.2) is 4.98 Å². The second-order valence-corrected chi connectivity index (χ2v) is 5.39. The van der Waals surface area contributed by atoms with Gasteiger partial charge in [-0.15, -0.1) is 0 Å². The quantitative estimate of drug-likeness (QED) is 0.861. The number of fused-ring (bicyclic) bond motifs is 1. The topological polar surface area (TPSA) is 80.0 Å². The fourth-order valence-electron chi connectivity index (χ4n) is 2.55. The van der Waals surface area contributed by atoms with Gasteiger partial charge in [-0.05, 0) is 38.4 Å². The first-order valence-corrected chi connectivity index (χ1v) is 6.89. The van der Waals surface area contributed by atoms with Gasteiger partial charge in [0.05, 0.1) is 16.6 Å². The molecule has 0 aliphatic carbocycles. The van der Waals surface area contributed by atoms with Gasteiger partial charge in [-0.3, -0.25) is 4.79 Å². The van der Waals surface area contributed by atoms with Crippen molar-refractivity contribution in [1.29, 1.82) is 0 Å². The van der Waals surface area contributed by atoms with Crippen LogP contribution in [0, 0.1) is 12.8 Å². The van der Waals surface area contributed by atoms with E-state index in [2.05, 4.69) is 27.7 Å². The molecule has 3 heterocycles. The van der Waals surface area contributed by atoms with Crippen LogP contribution >= 0.6 is 0 Å². The average molecular weight is 274 g/mol. The number of carbonyl (C=O) groups is 1. The molecule has 2 N–H and O–H groups in total. The molecule has 0 spiro atoms. The van der Waals surface area contributed by atoms with Crippen LogP contribution in [0.15, 0.2) is 16.8 Å². The van der Waals surface area contributed by atoms with Crippen molar-refractivity contribution in [1.82, 2.24) is 20.8 Å². The Labute approximate surface area is 116 Å². The summed E-state index contributed by atoms with van der Waals surface area (Å²) in [5.41, 5.74) is 1.77. The number of aromatic nitrogens is 2. The molecule has 6 heteroatoms. The summed E-state index contributed by atoms with van der Waals surface area (Å²) in [6.07, 6.45) is 2.49. The number of pyridine rings is 1. The average Bonchev–Trinajstić information content (AvgIpc) is 2.82. The third-order valence-electron chi connectivity index (χ3n) is 3.87. The lowest BCUT2D eigenvalue weighted by Crippen LogP contribution is -2.48. The normalized spacial score (nSPS) is 22.9. The number of aryl methyl sites for hydroxylation is 1. The summed E-state index contributed by atoms with van der Waals surface area (Å²) in [6, 6.07) is 2.00. The zero-order valence-electron chi connectivity index (χ0n) is 11.6. The van der Waals surface area contributed by atoms with E-state index in [0.29, 0.717) is 17.2 Å². The number of piperidine rings is 1. The molecular weight excluding hydrogens is 256 g/mol. The molecule has 1 amide bonds. The number of amides is 1. The van der Waals surface area contributed by atoms with Crippen LogP contribution in [0.5, 0.6) is 0 Å². The highest BCUT2D eigenvalue weighted by Crippen LogP contribution is 2.17. The van der Waals surface area contributed by atoms with Crippen LogP contribution in [-0.2, 0) is 0 Å². The van der Waals surface area contributed by atoms with E-state index < -0.39 is 0 Å². The van der Waals surface area contributed by atoms with E-state index in [1.54, 1.807) is 6.07 Å². The first-order valence-electron chi connectivity index (χ1n) is 6.89. The van der Waals surface area contributed by atoms with Crippen LogP contribution in [0.2, 0.25) is 0 Å². The minimum Gasteiger partial charge on any atom is -0.349 e. The Balaban J connectivity index is 1.79. The lowest BCUT2D eigenvalue weighted by atomic mass is 9.95. The monoisotopic (exact) mass is 274 g/mol. The van der Waals surface area contributed by atoms with Crippen LogP contribution in [0.3, 0.4) is 0 Å². The van der Waals surface area contributed by atoms with Crippen LogP contribution in [-0.4, -0.2) is 35.2 Å². The van der Waals surface area contributed by atoms with Crippen molar-refractivity contribution < 1.29 is 9.32 Å². The minimum atomic E-state index is -0.0845. The fourth-order valence-corrected chi connectivity index (χ4v) is 2.55.